The van der Waals surface area contributed by atoms with Gasteiger partial charge in [0.1, 0.15) is 11.9 Å². The third-order valence-corrected chi connectivity index (χ3v) is 7.18. The number of piperazine rings is 1. The standard InChI is InChI=1S/C24H25FN6O4S/c1-16(32)26-14-19-15-30(24(34)35-19)18-7-8-21(20(25)13-18)28-9-11-29(12-10-28)23-27-22(33)31(36-23)17-5-3-2-4-6-17/h2-8,13,19H,9-12,14-15H2,1H3,(H,26,32)/t19-/m0/s1. The zero-order valence-electron chi connectivity index (χ0n) is 19.6. The Kier molecular flexibility index (Phi) is 6.59. The van der Waals surface area contributed by atoms with Crippen molar-refractivity contribution in [1.29, 1.82) is 0 Å². The van der Waals surface area contributed by atoms with Crippen LogP contribution in [0.3, 0.4) is 0 Å². The van der Waals surface area contributed by atoms with Crippen LogP contribution in [0.2, 0.25) is 0 Å². The molecule has 1 N–H and O–H groups in total. The van der Waals surface area contributed by atoms with Crippen LogP contribution in [0.1, 0.15) is 6.92 Å². The summed E-state index contributed by atoms with van der Waals surface area (Å²) in [6.07, 6.45) is -1.06. The van der Waals surface area contributed by atoms with Crippen LogP contribution in [-0.2, 0) is 9.53 Å². The number of para-hydroxylation sites is 1. The third-order valence-electron chi connectivity index (χ3n) is 6.12. The summed E-state index contributed by atoms with van der Waals surface area (Å²) in [5.74, 6) is -0.643. The largest absolute Gasteiger partial charge is 0.442 e. The van der Waals surface area contributed by atoms with E-state index in [-0.39, 0.29) is 24.7 Å². The van der Waals surface area contributed by atoms with E-state index in [0.29, 0.717) is 42.7 Å². The molecule has 0 spiro atoms. The first-order valence-electron chi connectivity index (χ1n) is 11.6. The van der Waals surface area contributed by atoms with Crippen molar-refractivity contribution < 1.29 is 18.7 Å². The number of halogens is 1. The van der Waals surface area contributed by atoms with Gasteiger partial charge in [0.05, 0.1) is 30.2 Å². The Labute approximate surface area is 210 Å². The quantitative estimate of drug-likeness (QED) is 0.541. The van der Waals surface area contributed by atoms with Gasteiger partial charge in [0.2, 0.25) is 11.0 Å². The first kappa shape index (κ1) is 23.8. The summed E-state index contributed by atoms with van der Waals surface area (Å²) in [4.78, 5) is 45.3. The zero-order chi connectivity index (χ0) is 25.2. The Morgan fingerprint density at radius 2 is 1.81 bits per heavy atom. The van der Waals surface area contributed by atoms with Crippen molar-refractivity contribution in [3.05, 3.63) is 64.8 Å². The van der Waals surface area contributed by atoms with Gasteiger partial charge < -0.3 is 19.9 Å². The van der Waals surface area contributed by atoms with Crippen molar-refractivity contribution in [2.24, 2.45) is 0 Å². The van der Waals surface area contributed by atoms with E-state index in [4.69, 9.17) is 4.74 Å². The number of aromatic nitrogens is 2. The lowest BCUT2D eigenvalue weighted by atomic mass is 10.2. The van der Waals surface area contributed by atoms with Crippen LogP contribution in [0.5, 0.6) is 0 Å². The maximum atomic E-state index is 15.1. The molecule has 2 amide bonds. The van der Waals surface area contributed by atoms with E-state index in [0.717, 1.165) is 5.69 Å². The molecule has 2 saturated heterocycles. The van der Waals surface area contributed by atoms with Crippen LogP contribution >= 0.6 is 11.5 Å². The first-order chi connectivity index (χ1) is 17.4. The fraction of sp³-hybridized carbons (Fsp3) is 0.333. The fourth-order valence-electron chi connectivity index (χ4n) is 4.28. The molecule has 3 aromatic rings. The van der Waals surface area contributed by atoms with Gasteiger partial charge in [-0.1, -0.05) is 18.2 Å². The molecule has 2 fully saturated rings. The lowest BCUT2D eigenvalue weighted by Gasteiger charge is -2.36. The molecule has 12 heteroatoms. The molecule has 5 rings (SSSR count). The molecule has 2 aromatic carbocycles. The lowest BCUT2D eigenvalue weighted by molar-refractivity contribution is -0.119. The Balaban J connectivity index is 1.22. The molecule has 1 aromatic heterocycles. The van der Waals surface area contributed by atoms with Gasteiger partial charge in [0, 0.05) is 33.1 Å². The van der Waals surface area contributed by atoms with E-state index < -0.39 is 18.0 Å². The average Bonchev–Trinajstić information content (AvgIpc) is 3.45. The SMILES string of the molecule is CC(=O)NC[C@H]1CN(c2ccc(N3CCN(c4nc(=O)n(-c5ccccc5)s4)CC3)c(F)c2)C(=O)O1. The number of cyclic esters (lactones) is 1. The molecule has 2 aliphatic heterocycles. The molecule has 0 bridgehead atoms. The van der Waals surface area contributed by atoms with E-state index in [9.17, 15) is 14.4 Å². The van der Waals surface area contributed by atoms with Crippen LogP contribution in [0.4, 0.5) is 25.7 Å². The number of nitrogens with one attached hydrogen (secondary N) is 1. The van der Waals surface area contributed by atoms with Gasteiger partial charge in [-0.25, -0.2) is 17.9 Å². The first-order valence-corrected chi connectivity index (χ1v) is 12.3. The van der Waals surface area contributed by atoms with E-state index >= 15 is 4.39 Å². The molecule has 0 aliphatic carbocycles. The van der Waals surface area contributed by atoms with Gasteiger partial charge in [-0.2, -0.15) is 4.98 Å². The predicted molar refractivity (Wildman–Crippen MR) is 135 cm³/mol. The lowest BCUT2D eigenvalue weighted by Crippen LogP contribution is -2.47. The second-order valence-corrected chi connectivity index (χ2v) is 9.47. The minimum atomic E-state index is -0.569. The smallest absolute Gasteiger partial charge is 0.414 e. The number of hydrogen-bond donors (Lipinski definition) is 1. The highest BCUT2D eigenvalue weighted by atomic mass is 32.1. The Morgan fingerprint density at radius 3 is 2.50 bits per heavy atom. The van der Waals surface area contributed by atoms with Crippen LogP contribution in [0, 0.1) is 5.82 Å². The minimum absolute atomic E-state index is 0.209. The number of carbonyl (C=O) groups is 2. The van der Waals surface area contributed by atoms with Crippen LogP contribution in [0.25, 0.3) is 5.69 Å². The van der Waals surface area contributed by atoms with E-state index in [1.807, 2.05) is 40.1 Å². The molecule has 188 valence electrons. The minimum Gasteiger partial charge on any atom is -0.442 e. The maximum absolute atomic E-state index is 15.1. The summed E-state index contributed by atoms with van der Waals surface area (Å²) in [5, 5.41) is 3.26. The van der Waals surface area contributed by atoms with Crippen LogP contribution < -0.4 is 25.7 Å². The molecule has 36 heavy (non-hydrogen) atoms. The number of hydrogen-bond acceptors (Lipinski definition) is 8. The topological polar surface area (TPSA) is 100 Å². The van der Waals surface area contributed by atoms with Gasteiger partial charge in [0.15, 0.2) is 0 Å². The van der Waals surface area contributed by atoms with Crippen LogP contribution in [-0.4, -0.2) is 66.3 Å². The number of amides is 2. The zero-order valence-corrected chi connectivity index (χ0v) is 20.4. The molecule has 1 atom stereocenters. The summed E-state index contributed by atoms with van der Waals surface area (Å²) in [6, 6.07) is 14.0. The molecular weight excluding hydrogens is 487 g/mol. The second-order valence-electron chi connectivity index (χ2n) is 8.56. The predicted octanol–water partition coefficient (Wildman–Crippen LogP) is 2.22. The van der Waals surface area contributed by atoms with Gasteiger partial charge >= 0.3 is 11.8 Å². The van der Waals surface area contributed by atoms with E-state index in [1.54, 1.807) is 16.1 Å². The van der Waals surface area contributed by atoms with Gasteiger partial charge in [0.25, 0.3) is 0 Å². The highest BCUT2D eigenvalue weighted by Crippen LogP contribution is 2.29. The van der Waals surface area contributed by atoms with Crippen LogP contribution in [0.15, 0.2) is 53.3 Å². The number of rotatable bonds is 6. The molecular formula is C24H25FN6O4S. The van der Waals surface area contributed by atoms with Crippen molar-refractivity contribution in [3.63, 3.8) is 0 Å². The highest BCUT2D eigenvalue weighted by Gasteiger charge is 2.33. The summed E-state index contributed by atoms with van der Waals surface area (Å²) < 4.78 is 21.9. The number of ether oxygens (including phenoxy) is 1. The molecule has 2 aliphatic rings. The Morgan fingerprint density at radius 1 is 1.08 bits per heavy atom. The van der Waals surface area contributed by atoms with Crippen molar-refractivity contribution in [3.8, 4) is 5.69 Å². The fourth-order valence-corrected chi connectivity index (χ4v) is 5.20. The summed E-state index contributed by atoms with van der Waals surface area (Å²) in [5.41, 5.74) is 1.31. The molecule has 0 unspecified atom stereocenters. The Hall–Kier alpha value is -3.93. The maximum Gasteiger partial charge on any atom is 0.414 e. The molecule has 3 heterocycles. The molecule has 0 saturated carbocycles. The van der Waals surface area contributed by atoms with Gasteiger partial charge in [-0.05, 0) is 41.9 Å². The number of anilines is 3. The number of benzene rings is 2. The van der Waals surface area contributed by atoms with Crippen molar-refractivity contribution in [1.82, 2.24) is 14.3 Å². The highest BCUT2D eigenvalue weighted by molar-refractivity contribution is 7.10. The van der Waals surface area contributed by atoms with Gasteiger partial charge in [-0.15, -0.1) is 0 Å². The van der Waals surface area contributed by atoms with E-state index in [1.165, 1.54) is 29.4 Å². The molecule has 10 nitrogen and oxygen atoms in total. The van der Waals surface area contributed by atoms with Gasteiger partial charge in [-0.3, -0.25) is 9.69 Å². The van der Waals surface area contributed by atoms with Crippen molar-refractivity contribution in [2.75, 3.05) is 54.0 Å². The summed E-state index contributed by atoms with van der Waals surface area (Å²) >= 11 is 1.29. The van der Waals surface area contributed by atoms with Crippen molar-refractivity contribution in [2.45, 2.75) is 13.0 Å². The normalized spacial score (nSPS) is 17.9. The number of nitrogens with zero attached hydrogens (tertiary/aromatic N) is 5. The van der Waals surface area contributed by atoms with Crippen molar-refractivity contribution >= 4 is 40.0 Å². The number of carbonyl (C=O) groups excluding carboxylic acids is 2. The van der Waals surface area contributed by atoms with E-state index in [2.05, 4.69) is 10.3 Å². The average molecular weight is 513 g/mol. The summed E-state index contributed by atoms with van der Waals surface area (Å²) in [7, 11) is 0. The monoisotopic (exact) mass is 512 g/mol. The third kappa shape index (κ3) is 4.89. The summed E-state index contributed by atoms with van der Waals surface area (Å²) in [6.45, 7) is 4.12. The Bertz CT molecular complexity index is 1320. The molecule has 0 radical (unpaired) electrons. The second kappa shape index (κ2) is 9.97.